The largest absolute Gasteiger partial charge is 0.493 e. The van der Waals surface area contributed by atoms with Gasteiger partial charge in [-0.25, -0.2) is 0 Å². The molecule has 0 saturated carbocycles. The first-order valence-electron chi connectivity index (χ1n) is 5.59. The number of hydrogen-bond donors (Lipinski definition) is 1. The van der Waals surface area contributed by atoms with Crippen LogP contribution in [0.5, 0.6) is 5.75 Å². The zero-order valence-electron chi connectivity index (χ0n) is 9.44. The number of rotatable bonds is 4. The van der Waals surface area contributed by atoms with Crippen LogP contribution in [0, 0.1) is 0 Å². The Labute approximate surface area is 95.2 Å². The van der Waals surface area contributed by atoms with Gasteiger partial charge < -0.3 is 10.5 Å². The molecule has 0 saturated heterocycles. The van der Waals surface area contributed by atoms with Crippen molar-refractivity contribution >= 4 is 16.6 Å². The Morgan fingerprint density at radius 3 is 3.00 bits per heavy atom. The van der Waals surface area contributed by atoms with Gasteiger partial charge in [-0.15, -0.1) is 0 Å². The van der Waals surface area contributed by atoms with Crippen molar-refractivity contribution in [2.24, 2.45) is 0 Å². The smallest absolute Gasteiger partial charge is 0.130 e. The Kier molecular flexibility index (Phi) is 3.25. The third-order valence-corrected chi connectivity index (χ3v) is 2.52. The lowest BCUT2D eigenvalue weighted by atomic mass is 10.2. The lowest BCUT2D eigenvalue weighted by Gasteiger charge is -2.09. The average Bonchev–Trinajstić information content (AvgIpc) is 2.31. The monoisotopic (exact) mass is 216 g/mol. The molecule has 0 bridgehead atoms. The number of nitrogens with two attached hydrogens (primary N) is 1. The summed E-state index contributed by atoms with van der Waals surface area (Å²) in [4.78, 5) is 4.26. The summed E-state index contributed by atoms with van der Waals surface area (Å²) in [7, 11) is 0. The molecule has 1 aromatic heterocycles. The second kappa shape index (κ2) is 4.84. The molecule has 0 aliphatic rings. The molecular formula is C13H16N2O. The first-order chi connectivity index (χ1) is 7.83. The van der Waals surface area contributed by atoms with Crippen LogP contribution in [-0.4, -0.2) is 11.6 Å². The Bertz CT molecular complexity index is 482. The predicted molar refractivity (Wildman–Crippen MR) is 66.6 cm³/mol. The normalized spacial score (nSPS) is 10.6. The molecule has 1 aromatic carbocycles. The van der Waals surface area contributed by atoms with Crippen LogP contribution in [0.1, 0.15) is 19.8 Å². The number of nitrogen functional groups attached to an aromatic ring is 1. The van der Waals surface area contributed by atoms with Crippen LogP contribution in [0.3, 0.4) is 0 Å². The van der Waals surface area contributed by atoms with E-state index in [1.54, 1.807) is 6.20 Å². The van der Waals surface area contributed by atoms with Crippen LogP contribution in [0.25, 0.3) is 10.9 Å². The molecular weight excluding hydrogens is 200 g/mol. The molecule has 0 aliphatic heterocycles. The standard InChI is InChI=1S/C13H16N2O/c1-2-3-9-16-12-7-8-15-13-10(12)5-4-6-11(13)14/h4-8H,2-3,9,14H2,1H3. The summed E-state index contributed by atoms with van der Waals surface area (Å²) in [6.07, 6.45) is 3.93. The predicted octanol–water partition coefficient (Wildman–Crippen LogP) is 3.00. The summed E-state index contributed by atoms with van der Waals surface area (Å²) >= 11 is 0. The quantitative estimate of drug-likeness (QED) is 0.631. The zero-order valence-corrected chi connectivity index (χ0v) is 9.44. The van der Waals surface area contributed by atoms with Crippen LogP contribution in [0.4, 0.5) is 5.69 Å². The molecule has 16 heavy (non-hydrogen) atoms. The van der Waals surface area contributed by atoms with Gasteiger partial charge in [0.25, 0.3) is 0 Å². The summed E-state index contributed by atoms with van der Waals surface area (Å²) in [5, 5.41) is 0.985. The van der Waals surface area contributed by atoms with Gasteiger partial charge in [-0.3, -0.25) is 4.98 Å². The minimum atomic E-state index is 0.693. The number of unbranched alkanes of at least 4 members (excludes halogenated alkanes) is 1. The van der Waals surface area contributed by atoms with Crippen LogP contribution < -0.4 is 10.5 Å². The number of benzene rings is 1. The first-order valence-corrected chi connectivity index (χ1v) is 5.59. The minimum absolute atomic E-state index is 0.693. The number of aromatic nitrogens is 1. The Morgan fingerprint density at radius 1 is 1.31 bits per heavy atom. The van der Waals surface area contributed by atoms with Crippen LogP contribution in [-0.2, 0) is 0 Å². The number of hydrogen-bond acceptors (Lipinski definition) is 3. The van der Waals surface area contributed by atoms with E-state index in [4.69, 9.17) is 10.5 Å². The number of fused-ring (bicyclic) bond motifs is 1. The Hall–Kier alpha value is -1.77. The summed E-state index contributed by atoms with van der Waals surface area (Å²) in [6, 6.07) is 7.65. The lowest BCUT2D eigenvalue weighted by molar-refractivity contribution is 0.313. The molecule has 0 aliphatic carbocycles. The fraction of sp³-hybridized carbons (Fsp3) is 0.308. The van der Waals surface area contributed by atoms with Gasteiger partial charge in [0.1, 0.15) is 5.75 Å². The maximum atomic E-state index is 5.86. The molecule has 0 unspecified atom stereocenters. The number of anilines is 1. The molecule has 0 fully saturated rings. The molecule has 3 heteroatoms. The second-order valence-electron chi connectivity index (χ2n) is 3.75. The molecule has 2 aromatic rings. The van der Waals surface area contributed by atoms with E-state index >= 15 is 0 Å². The number of para-hydroxylation sites is 1. The van der Waals surface area contributed by atoms with E-state index in [1.165, 1.54) is 0 Å². The third-order valence-electron chi connectivity index (χ3n) is 2.52. The molecule has 2 N–H and O–H groups in total. The maximum Gasteiger partial charge on any atom is 0.130 e. The molecule has 3 nitrogen and oxygen atoms in total. The van der Waals surface area contributed by atoms with E-state index in [0.717, 1.165) is 36.1 Å². The van der Waals surface area contributed by atoms with Crippen LogP contribution in [0.2, 0.25) is 0 Å². The van der Waals surface area contributed by atoms with Gasteiger partial charge in [-0.2, -0.15) is 0 Å². The Balaban J connectivity index is 2.34. The average molecular weight is 216 g/mol. The van der Waals surface area contributed by atoms with E-state index in [1.807, 2.05) is 24.3 Å². The van der Waals surface area contributed by atoms with Crippen molar-refractivity contribution in [3.8, 4) is 5.75 Å². The highest BCUT2D eigenvalue weighted by Crippen LogP contribution is 2.27. The molecule has 0 radical (unpaired) electrons. The molecule has 0 atom stereocenters. The Morgan fingerprint density at radius 2 is 2.19 bits per heavy atom. The molecule has 1 heterocycles. The van der Waals surface area contributed by atoms with E-state index in [-0.39, 0.29) is 0 Å². The van der Waals surface area contributed by atoms with Gasteiger partial charge >= 0.3 is 0 Å². The van der Waals surface area contributed by atoms with E-state index in [2.05, 4.69) is 11.9 Å². The van der Waals surface area contributed by atoms with Crippen LogP contribution >= 0.6 is 0 Å². The van der Waals surface area contributed by atoms with Gasteiger partial charge in [0, 0.05) is 11.6 Å². The molecule has 84 valence electrons. The molecule has 2 rings (SSSR count). The fourth-order valence-electron chi connectivity index (χ4n) is 1.63. The summed E-state index contributed by atoms with van der Waals surface area (Å²) in [6.45, 7) is 2.89. The highest BCUT2D eigenvalue weighted by Gasteiger charge is 2.04. The van der Waals surface area contributed by atoms with Gasteiger partial charge in [-0.1, -0.05) is 19.4 Å². The van der Waals surface area contributed by atoms with Crippen molar-refractivity contribution in [1.82, 2.24) is 4.98 Å². The van der Waals surface area contributed by atoms with Gasteiger partial charge in [0.05, 0.1) is 17.8 Å². The van der Waals surface area contributed by atoms with Crippen molar-refractivity contribution in [2.45, 2.75) is 19.8 Å². The van der Waals surface area contributed by atoms with E-state index in [0.29, 0.717) is 5.69 Å². The zero-order chi connectivity index (χ0) is 11.4. The van der Waals surface area contributed by atoms with Crippen molar-refractivity contribution in [1.29, 1.82) is 0 Å². The highest BCUT2D eigenvalue weighted by molar-refractivity contribution is 5.93. The summed E-state index contributed by atoms with van der Waals surface area (Å²) < 4.78 is 5.72. The highest BCUT2D eigenvalue weighted by atomic mass is 16.5. The first kappa shape index (κ1) is 10.7. The van der Waals surface area contributed by atoms with Crippen LogP contribution in [0.15, 0.2) is 30.5 Å². The van der Waals surface area contributed by atoms with Crippen molar-refractivity contribution in [3.05, 3.63) is 30.5 Å². The van der Waals surface area contributed by atoms with E-state index in [9.17, 15) is 0 Å². The van der Waals surface area contributed by atoms with Gasteiger partial charge in [-0.05, 0) is 24.6 Å². The fourth-order valence-corrected chi connectivity index (χ4v) is 1.63. The minimum Gasteiger partial charge on any atom is -0.493 e. The topological polar surface area (TPSA) is 48.1 Å². The van der Waals surface area contributed by atoms with Gasteiger partial charge in [0.15, 0.2) is 0 Å². The number of pyridine rings is 1. The lowest BCUT2D eigenvalue weighted by Crippen LogP contribution is -1.98. The third kappa shape index (κ3) is 2.08. The van der Waals surface area contributed by atoms with Gasteiger partial charge in [0.2, 0.25) is 0 Å². The van der Waals surface area contributed by atoms with Crippen molar-refractivity contribution < 1.29 is 4.74 Å². The summed E-state index contributed by atoms with van der Waals surface area (Å²) in [5.41, 5.74) is 7.37. The molecule has 0 spiro atoms. The van der Waals surface area contributed by atoms with E-state index < -0.39 is 0 Å². The number of nitrogens with zero attached hydrogens (tertiary/aromatic N) is 1. The molecule has 0 amide bonds. The second-order valence-corrected chi connectivity index (χ2v) is 3.75. The van der Waals surface area contributed by atoms with Crippen molar-refractivity contribution in [3.63, 3.8) is 0 Å². The number of ether oxygens (including phenoxy) is 1. The summed E-state index contributed by atoms with van der Waals surface area (Å²) in [5.74, 6) is 0.866. The maximum absolute atomic E-state index is 5.86. The SMILES string of the molecule is CCCCOc1ccnc2c(N)cccc12. The van der Waals surface area contributed by atoms with Crippen molar-refractivity contribution in [2.75, 3.05) is 12.3 Å².